The minimum Gasteiger partial charge on any atom is -0.289 e. The molecule has 0 atom stereocenters. The fourth-order valence-electron chi connectivity index (χ4n) is 2.43. The van der Waals surface area contributed by atoms with E-state index in [1.807, 2.05) is 24.3 Å². The second-order valence-corrected chi connectivity index (χ2v) is 4.42. The number of carbonyl (C=O) groups excluding carboxylic acids is 1. The number of hydrogen-bond donors (Lipinski definition) is 1. The van der Waals surface area contributed by atoms with Crippen molar-refractivity contribution in [2.45, 2.75) is 0 Å². The van der Waals surface area contributed by atoms with Crippen LogP contribution in [0.25, 0.3) is 11.1 Å². The summed E-state index contributed by atoms with van der Waals surface area (Å²) in [6, 6.07) is 11.2. The molecule has 98 valence electrons. The van der Waals surface area contributed by atoms with Gasteiger partial charge in [-0.2, -0.15) is 10.2 Å². The normalized spacial score (nSPS) is 13.2. The Balaban J connectivity index is 2.15. The van der Waals surface area contributed by atoms with Crippen molar-refractivity contribution in [2.75, 3.05) is 14.1 Å². The Morgan fingerprint density at radius 1 is 0.900 bits per heavy atom. The maximum absolute atomic E-state index is 12.5. The summed E-state index contributed by atoms with van der Waals surface area (Å²) in [5.41, 5.74) is 4.66. The summed E-state index contributed by atoms with van der Waals surface area (Å²) in [7, 11) is 3.33. The Labute approximate surface area is 116 Å². The highest BCUT2D eigenvalue weighted by atomic mass is 16.1. The summed E-state index contributed by atoms with van der Waals surface area (Å²) in [4.78, 5) is 12.5. The first-order valence-corrected chi connectivity index (χ1v) is 6.25. The van der Waals surface area contributed by atoms with Gasteiger partial charge in [0, 0.05) is 18.2 Å². The number of nitrogens with one attached hydrogen (secondary N) is 1. The highest BCUT2D eigenvalue weighted by Gasteiger charge is 2.27. The Kier molecular flexibility index (Phi) is 2.95. The Bertz CT molecular complexity index is 699. The van der Waals surface area contributed by atoms with Gasteiger partial charge in [0.25, 0.3) is 0 Å². The van der Waals surface area contributed by atoms with Crippen molar-refractivity contribution in [3.8, 4) is 11.1 Å². The Hall–Kier alpha value is -2.69. The van der Waals surface area contributed by atoms with Crippen LogP contribution in [0.4, 0.5) is 11.4 Å². The maximum atomic E-state index is 12.5. The average molecular weight is 265 g/mol. The van der Waals surface area contributed by atoms with E-state index in [2.05, 4.69) is 20.5 Å². The van der Waals surface area contributed by atoms with Gasteiger partial charge in [-0.3, -0.25) is 4.79 Å². The zero-order chi connectivity index (χ0) is 14.1. The van der Waals surface area contributed by atoms with E-state index in [0.29, 0.717) is 16.8 Å². The van der Waals surface area contributed by atoms with Crippen LogP contribution in [0.15, 0.2) is 51.7 Å². The number of fused-ring (bicyclic) bond motifs is 3. The van der Waals surface area contributed by atoms with Gasteiger partial charge in [-0.05, 0) is 40.5 Å². The lowest BCUT2D eigenvalue weighted by Gasteiger charge is -1.99. The van der Waals surface area contributed by atoms with E-state index in [-0.39, 0.29) is 5.78 Å². The largest absolute Gasteiger partial charge is 0.289 e. The molecule has 0 aromatic heterocycles. The van der Waals surface area contributed by atoms with Gasteiger partial charge in [-0.25, -0.2) is 0 Å². The number of hydrogen-bond acceptors (Lipinski definition) is 4. The lowest BCUT2D eigenvalue weighted by molar-refractivity contribution is -0.494. The van der Waals surface area contributed by atoms with Crippen molar-refractivity contribution in [1.82, 2.24) is 0 Å². The van der Waals surface area contributed by atoms with Crippen LogP contribution in [-0.4, -0.2) is 19.9 Å². The zero-order valence-corrected chi connectivity index (χ0v) is 11.2. The molecule has 0 spiro atoms. The molecule has 0 amide bonds. The summed E-state index contributed by atoms with van der Waals surface area (Å²) in [6.45, 7) is 0. The van der Waals surface area contributed by atoms with Gasteiger partial charge in [-0.15, -0.1) is 5.11 Å². The van der Waals surface area contributed by atoms with E-state index in [1.54, 1.807) is 26.2 Å². The highest BCUT2D eigenvalue weighted by molar-refractivity contribution is 6.22. The van der Waals surface area contributed by atoms with Gasteiger partial charge in [0.1, 0.15) is 5.69 Å². The fraction of sp³-hybridized carbons (Fsp3) is 0.133. The van der Waals surface area contributed by atoms with E-state index in [9.17, 15) is 4.79 Å². The van der Waals surface area contributed by atoms with Crippen LogP contribution in [0.5, 0.6) is 0 Å². The topological polar surface area (TPSA) is 68.1 Å². The monoisotopic (exact) mass is 265 g/mol. The third kappa shape index (κ3) is 1.84. The summed E-state index contributed by atoms with van der Waals surface area (Å²) < 4.78 is 0. The predicted octanol–water partition coefficient (Wildman–Crippen LogP) is 2.41. The van der Waals surface area contributed by atoms with Crippen molar-refractivity contribution in [3.05, 3.63) is 47.5 Å². The summed E-state index contributed by atoms with van der Waals surface area (Å²) >= 11 is 0. The third-order valence-electron chi connectivity index (χ3n) is 3.24. The van der Waals surface area contributed by atoms with E-state index < -0.39 is 0 Å². The minimum atomic E-state index is 0.0105. The molecule has 0 heterocycles. The molecule has 20 heavy (non-hydrogen) atoms. The van der Waals surface area contributed by atoms with Crippen molar-refractivity contribution < 1.29 is 9.91 Å². The summed E-state index contributed by atoms with van der Waals surface area (Å²) in [5, 5.41) is 14.5. The van der Waals surface area contributed by atoms with Crippen LogP contribution in [0.1, 0.15) is 15.9 Å². The van der Waals surface area contributed by atoms with E-state index in [0.717, 1.165) is 16.8 Å². The van der Waals surface area contributed by atoms with Gasteiger partial charge in [0.2, 0.25) is 0 Å². The van der Waals surface area contributed by atoms with E-state index >= 15 is 0 Å². The molecule has 3 rings (SSSR count). The standard InChI is InChI=1S/C15H12N4O/c1-16-18-9-3-5-11-12-6-4-10(19-17-2)8-14(12)15(20)13(11)7-9/h3-8H,1-2H3/p+1. The molecule has 1 aliphatic carbocycles. The van der Waals surface area contributed by atoms with E-state index in [1.165, 1.54) is 0 Å². The quantitative estimate of drug-likeness (QED) is 0.710. The number of ketones is 1. The SMILES string of the molecule is CN=Nc1ccc2c(c1)C(=O)c1cc(N=[NH+]C)ccc1-2. The van der Waals surface area contributed by atoms with Gasteiger partial charge >= 0.3 is 0 Å². The summed E-state index contributed by atoms with van der Waals surface area (Å²) in [6.07, 6.45) is 0. The molecule has 2 aromatic carbocycles. The second kappa shape index (κ2) is 4.77. The van der Waals surface area contributed by atoms with Crippen LogP contribution in [0, 0.1) is 0 Å². The van der Waals surface area contributed by atoms with Crippen LogP contribution in [-0.2, 0) is 0 Å². The molecule has 0 radical (unpaired) electrons. The Morgan fingerprint density at radius 2 is 1.50 bits per heavy atom. The van der Waals surface area contributed by atoms with Crippen LogP contribution >= 0.6 is 0 Å². The Morgan fingerprint density at radius 3 is 2.10 bits per heavy atom. The van der Waals surface area contributed by atoms with Crippen molar-refractivity contribution in [2.24, 2.45) is 15.3 Å². The molecule has 5 nitrogen and oxygen atoms in total. The fourth-order valence-corrected chi connectivity index (χ4v) is 2.43. The third-order valence-corrected chi connectivity index (χ3v) is 3.24. The number of azo groups is 2. The molecule has 1 N–H and O–H groups in total. The molecule has 0 saturated carbocycles. The smallest absolute Gasteiger partial charge is 0.194 e. The number of benzene rings is 2. The van der Waals surface area contributed by atoms with Gasteiger partial charge in [-0.1, -0.05) is 12.1 Å². The molecule has 2 aromatic rings. The molecular formula is C15H13N4O+. The van der Waals surface area contributed by atoms with Crippen molar-refractivity contribution in [1.29, 1.82) is 0 Å². The first kappa shape index (κ1) is 12.3. The average Bonchev–Trinajstić information content (AvgIpc) is 2.73. The lowest BCUT2D eigenvalue weighted by atomic mass is 10.1. The van der Waals surface area contributed by atoms with Gasteiger partial charge < -0.3 is 0 Å². The van der Waals surface area contributed by atoms with Gasteiger partial charge in [0.05, 0.1) is 5.69 Å². The van der Waals surface area contributed by atoms with Crippen LogP contribution < -0.4 is 5.11 Å². The van der Waals surface area contributed by atoms with Gasteiger partial charge in [0.15, 0.2) is 12.8 Å². The van der Waals surface area contributed by atoms with Crippen LogP contribution in [0.2, 0.25) is 0 Å². The van der Waals surface area contributed by atoms with E-state index in [4.69, 9.17) is 0 Å². The summed E-state index contributed by atoms with van der Waals surface area (Å²) in [5.74, 6) is 0.0105. The molecule has 0 saturated heterocycles. The molecule has 0 unspecified atom stereocenters. The number of nitrogens with zero attached hydrogens (tertiary/aromatic N) is 3. The molecule has 0 aliphatic heterocycles. The minimum absolute atomic E-state index is 0.0105. The maximum Gasteiger partial charge on any atom is 0.194 e. The zero-order valence-electron chi connectivity index (χ0n) is 11.2. The first-order chi connectivity index (χ1) is 9.74. The second-order valence-electron chi connectivity index (χ2n) is 4.42. The van der Waals surface area contributed by atoms with Crippen molar-refractivity contribution >= 4 is 17.2 Å². The predicted molar refractivity (Wildman–Crippen MR) is 74.7 cm³/mol. The lowest BCUT2D eigenvalue weighted by Crippen LogP contribution is -2.58. The number of carbonyl (C=O) groups is 1. The molecule has 0 bridgehead atoms. The molecule has 1 aliphatic rings. The first-order valence-electron chi connectivity index (χ1n) is 6.25. The van der Waals surface area contributed by atoms with Crippen molar-refractivity contribution in [3.63, 3.8) is 0 Å². The molecule has 0 fully saturated rings. The molecular weight excluding hydrogens is 252 g/mol. The van der Waals surface area contributed by atoms with Crippen LogP contribution in [0.3, 0.4) is 0 Å². The number of rotatable bonds is 2. The molecule has 5 heteroatoms. The highest BCUT2D eigenvalue weighted by Crippen LogP contribution is 2.39.